The molecular weight excluding hydrogens is 220 g/mol. The van der Waals surface area contributed by atoms with Crippen LogP contribution in [0.2, 0.25) is 0 Å². The first-order chi connectivity index (χ1) is 7.59. The van der Waals surface area contributed by atoms with Gasteiger partial charge in [0.05, 0.1) is 6.04 Å². The summed E-state index contributed by atoms with van der Waals surface area (Å²) < 4.78 is 0.744. The molecule has 2 heterocycles. The minimum absolute atomic E-state index is 0.157. The van der Waals surface area contributed by atoms with Crippen molar-refractivity contribution in [3.63, 3.8) is 0 Å². The lowest BCUT2D eigenvalue weighted by Crippen LogP contribution is -2.28. The lowest BCUT2D eigenvalue weighted by molar-refractivity contribution is -0.129. The van der Waals surface area contributed by atoms with Crippen LogP contribution in [0.15, 0.2) is 12.1 Å². The number of carbonyl (C=O) groups excluding carboxylic acids is 1. The third-order valence-corrected chi connectivity index (χ3v) is 3.41. The summed E-state index contributed by atoms with van der Waals surface area (Å²) in [6.45, 7) is 4.52. The molecule has 1 amide bonds. The van der Waals surface area contributed by atoms with Crippen LogP contribution in [-0.4, -0.2) is 22.3 Å². The van der Waals surface area contributed by atoms with Gasteiger partial charge in [-0.1, -0.05) is 18.3 Å². The Bertz CT molecular complexity index is 466. The fourth-order valence-electron chi connectivity index (χ4n) is 2.42. The third-order valence-electron chi connectivity index (χ3n) is 3.17. The van der Waals surface area contributed by atoms with E-state index in [2.05, 4.69) is 4.98 Å². The number of aryl methyl sites for hydroxylation is 1. The highest BCUT2D eigenvalue weighted by molar-refractivity contribution is 7.71. The van der Waals surface area contributed by atoms with Crippen molar-refractivity contribution in [2.45, 2.75) is 32.7 Å². The number of likely N-dealkylation sites (tertiary alicyclic amines) is 1. The number of carbonyl (C=O) groups is 1. The number of pyridine rings is 1. The Labute approximate surface area is 100 Å². The highest BCUT2D eigenvalue weighted by atomic mass is 32.1. The fourth-order valence-corrected chi connectivity index (χ4v) is 2.64. The maximum absolute atomic E-state index is 11.5. The first kappa shape index (κ1) is 11.3. The van der Waals surface area contributed by atoms with E-state index in [1.165, 1.54) is 5.56 Å². The minimum Gasteiger partial charge on any atom is -0.350 e. The Balaban J connectivity index is 2.36. The van der Waals surface area contributed by atoms with E-state index in [9.17, 15) is 4.79 Å². The second-order valence-corrected chi connectivity index (χ2v) is 4.71. The van der Waals surface area contributed by atoms with Crippen LogP contribution in [-0.2, 0) is 4.79 Å². The molecule has 1 aromatic heterocycles. The largest absolute Gasteiger partial charge is 0.350 e. The van der Waals surface area contributed by atoms with Crippen molar-refractivity contribution in [2.75, 3.05) is 6.54 Å². The van der Waals surface area contributed by atoms with Gasteiger partial charge in [0.15, 0.2) is 0 Å². The molecule has 1 aliphatic heterocycles. The summed E-state index contributed by atoms with van der Waals surface area (Å²) >= 11 is 5.08. The highest BCUT2D eigenvalue weighted by Crippen LogP contribution is 2.32. The van der Waals surface area contributed by atoms with Gasteiger partial charge in [-0.3, -0.25) is 4.79 Å². The van der Waals surface area contributed by atoms with E-state index in [0.717, 1.165) is 29.7 Å². The van der Waals surface area contributed by atoms with E-state index in [1.807, 2.05) is 24.0 Å². The summed E-state index contributed by atoms with van der Waals surface area (Å²) in [5.74, 6) is 0.157. The molecule has 0 radical (unpaired) electrons. The van der Waals surface area contributed by atoms with Crippen molar-refractivity contribution in [3.8, 4) is 0 Å². The van der Waals surface area contributed by atoms with Gasteiger partial charge in [0.1, 0.15) is 4.64 Å². The predicted molar refractivity (Wildman–Crippen MR) is 65.7 cm³/mol. The smallest absolute Gasteiger partial charge is 0.219 e. The summed E-state index contributed by atoms with van der Waals surface area (Å²) in [7, 11) is 0. The molecule has 1 aromatic rings. The first-order valence-corrected chi connectivity index (χ1v) is 5.97. The van der Waals surface area contributed by atoms with Crippen molar-refractivity contribution in [1.29, 1.82) is 0 Å². The van der Waals surface area contributed by atoms with Crippen molar-refractivity contribution in [1.82, 2.24) is 9.88 Å². The zero-order valence-corrected chi connectivity index (χ0v) is 10.4. The van der Waals surface area contributed by atoms with Crippen LogP contribution >= 0.6 is 12.2 Å². The Morgan fingerprint density at radius 3 is 2.94 bits per heavy atom. The predicted octanol–water partition coefficient (Wildman–Crippen LogP) is 2.74. The highest BCUT2D eigenvalue weighted by Gasteiger charge is 2.28. The molecule has 1 atom stereocenters. The minimum atomic E-state index is 0.157. The number of rotatable bonds is 1. The van der Waals surface area contributed by atoms with Crippen LogP contribution in [0.3, 0.4) is 0 Å². The number of amides is 1. The fraction of sp³-hybridized carbons (Fsp3) is 0.500. The number of nitrogens with one attached hydrogen (secondary N) is 1. The average molecular weight is 236 g/mol. The second-order valence-electron chi connectivity index (χ2n) is 4.27. The lowest BCUT2D eigenvalue weighted by Gasteiger charge is -2.24. The van der Waals surface area contributed by atoms with Gasteiger partial charge in [-0.05, 0) is 31.4 Å². The maximum Gasteiger partial charge on any atom is 0.219 e. The standard InChI is InChI=1S/C12H16N2OS/c1-8-10(5-6-12(16)13-8)11-4-3-7-14(11)9(2)15/h5-6,11H,3-4,7H2,1-2H3,(H,13,16). The molecule has 0 aliphatic carbocycles. The first-order valence-electron chi connectivity index (χ1n) is 5.56. The molecule has 3 nitrogen and oxygen atoms in total. The molecule has 0 spiro atoms. The Kier molecular flexibility index (Phi) is 3.10. The van der Waals surface area contributed by atoms with Gasteiger partial charge < -0.3 is 9.88 Å². The zero-order valence-electron chi connectivity index (χ0n) is 9.62. The average Bonchev–Trinajstić information content (AvgIpc) is 2.66. The molecule has 0 bridgehead atoms. The monoisotopic (exact) mass is 236 g/mol. The number of hydrogen-bond donors (Lipinski definition) is 1. The summed E-state index contributed by atoms with van der Waals surface area (Å²) in [5, 5.41) is 0. The topological polar surface area (TPSA) is 36.1 Å². The van der Waals surface area contributed by atoms with E-state index >= 15 is 0 Å². The normalized spacial score (nSPS) is 20.1. The van der Waals surface area contributed by atoms with E-state index in [4.69, 9.17) is 12.2 Å². The van der Waals surface area contributed by atoms with Crippen molar-refractivity contribution in [2.24, 2.45) is 0 Å². The Hall–Kier alpha value is -1.16. The molecule has 1 aliphatic rings. The number of hydrogen-bond acceptors (Lipinski definition) is 2. The van der Waals surface area contributed by atoms with E-state index in [1.54, 1.807) is 6.92 Å². The summed E-state index contributed by atoms with van der Waals surface area (Å²) in [6.07, 6.45) is 2.13. The number of aromatic nitrogens is 1. The lowest BCUT2D eigenvalue weighted by atomic mass is 10.0. The Morgan fingerprint density at radius 1 is 1.56 bits per heavy atom. The zero-order chi connectivity index (χ0) is 11.7. The maximum atomic E-state index is 11.5. The van der Waals surface area contributed by atoms with E-state index < -0.39 is 0 Å². The molecule has 86 valence electrons. The van der Waals surface area contributed by atoms with Crippen molar-refractivity contribution >= 4 is 18.1 Å². The van der Waals surface area contributed by atoms with Crippen LogP contribution in [0.25, 0.3) is 0 Å². The van der Waals surface area contributed by atoms with E-state index in [0.29, 0.717) is 0 Å². The molecule has 0 aromatic carbocycles. The number of nitrogens with zero attached hydrogens (tertiary/aromatic N) is 1. The second kappa shape index (κ2) is 4.37. The molecule has 1 N–H and O–H groups in total. The van der Waals surface area contributed by atoms with Gasteiger partial charge in [0.2, 0.25) is 5.91 Å². The van der Waals surface area contributed by atoms with Crippen molar-refractivity contribution < 1.29 is 4.79 Å². The van der Waals surface area contributed by atoms with Crippen LogP contribution in [0.4, 0.5) is 0 Å². The SMILES string of the molecule is CC(=O)N1CCCC1c1ccc(=S)[nH]c1C. The quantitative estimate of drug-likeness (QED) is 0.761. The summed E-state index contributed by atoms with van der Waals surface area (Å²) in [4.78, 5) is 16.6. The van der Waals surface area contributed by atoms with Crippen LogP contribution < -0.4 is 0 Å². The molecule has 1 saturated heterocycles. The van der Waals surface area contributed by atoms with Gasteiger partial charge in [0.25, 0.3) is 0 Å². The molecule has 1 fully saturated rings. The van der Waals surface area contributed by atoms with Crippen LogP contribution in [0.5, 0.6) is 0 Å². The molecule has 1 unspecified atom stereocenters. The van der Waals surface area contributed by atoms with Crippen molar-refractivity contribution in [3.05, 3.63) is 28.0 Å². The van der Waals surface area contributed by atoms with Crippen LogP contribution in [0.1, 0.15) is 37.1 Å². The molecular formula is C12H16N2OS. The Morgan fingerprint density at radius 2 is 2.31 bits per heavy atom. The summed E-state index contributed by atoms with van der Waals surface area (Å²) in [5.41, 5.74) is 2.27. The molecule has 0 saturated carbocycles. The van der Waals surface area contributed by atoms with E-state index in [-0.39, 0.29) is 11.9 Å². The molecule has 16 heavy (non-hydrogen) atoms. The number of aromatic amines is 1. The van der Waals surface area contributed by atoms with Gasteiger partial charge in [-0.25, -0.2) is 0 Å². The van der Waals surface area contributed by atoms with Gasteiger partial charge >= 0.3 is 0 Å². The van der Waals surface area contributed by atoms with Gasteiger partial charge in [0, 0.05) is 19.2 Å². The van der Waals surface area contributed by atoms with Gasteiger partial charge in [-0.2, -0.15) is 0 Å². The van der Waals surface area contributed by atoms with Crippen LogP contribution in [0, 0.1) is 11.6 Å². The molecule has 2 rings (SSSR count). The van der Waals surface area contributed by atoms with Gasteiger partial charge in [-0.15, -0.1) is 0 Å². The number of H-pyrrole nitrogens is 1. The third kappa shape index (κ3) is 2.02. The summed E-state index contributed by atoms with van der Waals surface area (Å²) in [6, 6.07) is 4.17. The molecule has 4 heteroatoms.